The van der Waals surface area contributed by atoms with Crippen molar-refractivity contribution >= 4 is 29.2 Å². The van der Waals surface area contributed by atoms with Gasteiger partial charge in [-0.2, -0.15) is 0 Å². The summed E-state index contributed by atoms with van der Waals surface area (Å²) in [6, 6.07) is 0. The van der Waals surface area contributed by atoms with Crippen LogP contribution in [0, 0.1) is 10.8 Å². The molecule has 0 aliphatic heterocycles. The van der Waals surface area contributed by atoms with Crippen LogP contribution in [0.25, 0.3) is 0 Å². The molecule has 0 bridgehead atoms. The highest BCUT2D eigenvalue weighted by molar-refractivity contribution is 6.54. The quantitative estimate of drug-likeness (QED) is 0.491. The molecule has 0 aromatic rings. The summed E-state index contributed by atoms with van der Waals surface area (Å²) in [7, 11) is 1.34. The summed E-state index contributed by atoms with van der Waals surface area (Å²) in [6.45, 7) is 5.42. The Morgan fingerprint density at radius 3 is 1.67 bits per heavy atom. The van der Waals surface area contributed by atoms with Crippen LogP contribution in [-0.2, 0) is 9.53 Å². The number of esters is 1. The van der Waals surface area contributed by atoms with Gasteiger partial charge in [0.2, 0.25) is 0 Å². The number of methoxy groups -OCH3 is 1. The third-order valence-corrected chi connectivity index (χ3v) is 4.89. The summed E-state index contributed by atoms with van der Waals surface area (Å²) < 4.78 is 3.63. The largest absolute Gasteiger partial charge is 0.468 e. The van der Waals surface area contributed by atoms with Crippen molar-refractivity contribution in [1.29, 1.82) is 0 Å². The van der Waals surface area contributed by atoms with Gasteiger partial charge in [0.15, 0.2) is 0 Å². The number of carbonyl (C=O) groups excluding carboxylic acids is 1. The standard InChI is InChI=1S/C8H12Cl2O2/c1-6(2)7(3,5(11)12-4)8(6,9)10/h1-4H3. The third kappa shape index (κ3) is 0.754. The van der Waals surface area contributed by atoms with Crippen LogP contribution in [0.15, 0.2) is 0 Å². The molecule has 1 aliphatic carbocycles. The van der Waals surface area contributed by atoms with E-state index in [9.17, 15) is 4.79 Å². The molecule has 0 radical (unpaired) electrons. The van der Waals surface area contributed by atoms with Gasteiger partial charge in [-0.15, -0.1) is 0 Å². The average molecular weight is 211 g/mol. The van der Waals surface area contributed by atoms with Crippen LogP contribution in [0.2, 0.25) is 0 Å². The van der Waals surface area contributed by atoms with Crippen molar-refractivity contribution in [2.24, 2.45) is 10.8 Å². The van der Waals surface area contributed by atoms with Crippen molar-refractivity contribution in [3.05, 3.63) is 0 Å². The minimum atomic E-state index is -1.01. The van der Waals surface area contributed by atoms with Crippen LogP contribution in [0.3, 0.4) is 0 Å². The zero-order chi connectivity index (χ0) is 9.78. The lowest BCUT2D eigenvalue weighted by molar-refractivity contribution is -0.147. The van der Waals surface area contributed by atoms with Crippen LogP contribution in [0.5, 0.6) is 0 Å². The summed E-state index contributed by atoms with van der Waals surface area (Å²) in [5.74, 6) is -0.350. The number of ether oxygens (including phenoxy) is 1. The predicted octanol–water partition coefficient (Wildman–Crippen LogP) is 2.38. The van der Waals surface area contributed by atoms with Gasteiger partial charge in [0, 0.05) is 5.41 Å². The van der Waals surface area contributed by atoms with Gasteiger partial charge >= 0.3 is 5.97 Å². The van der Waals surface area contributed by atoms with E-state index in [0.717, 1.165) is 0 Å². The maximum absolute atomic E-state index is 11.3. The van der Waals surface area contributed by atoms with Crippen LogP contribution in [0.4, 0.5) is 0 Å². The lowest BCUT2D eigenvalue weighted by Gasteiger charge is -2.09. The number of rotatable bonds is 1. The smallest absolute Gasteiger partial charge is 0.315 e. The third-order valence-electron chi connectivity index (χ3n) is 3.19. The summed E-state index contributed by atoms with van der Waals surface area (Å²) in [4.78, 5) is 11.3. The molecule has 0 heterocycles. The average Bonchev–Trinajstić information content (AvgIpc) is 2.28. The predicted molar refractivity (Wildman–Crippen MR) is 48.3 cm³/mol. The highest BCUT2D eigenvalue weighted by Crippen LogP contribution is 2.77. The van der Waals surface area contributed by atoms with Gasteiger partial charge in [0.1, 0.15) is 9.75 Å². The Bertz CT molecular complexity index is 219. The minimum Gasteiger partial charge on any atom is -0.468 e. The zero-order valence-electron chi connectivity index (χ0n) is 7.57. The van der Waals surface area contributed by atoms with Crippen molar-refractivity contribution in [3.8, 4) is 0 Å². The number of carbonyl (C=O) groups is 1. The highest BCUT2D eigenvalue weighted by Gasteiger charge is 2.84. The molecule has 0 spiro atoms. The van der Waals surface area contributed by atoms with E-state index in [4.69, 9.17) is 23.2 Å². The lowest BCUT2D eigenvalue weighted by atomic mass is 9.99. The second-order valence-electron chi connectivity index (χ2n) is 3.82. The van der Waals surface area contributed by atoms with Gasteiger partial charge in [-0.1, -0.05) is 37.0 Å². The first kappa shape index (κ1) is 10.1. The molecule has 1 aliphatic rings. The molecule has 0 saturated heterocycles. The van der Waals surface area contributed by atoms with Gasteiger partial charge in [-0.25, -0.2) is 0 Å². The van der Waals surface area contributed by atoms with Crippen molar-refractivity contribution in [1.82, 2.24) is 0 Å². The molecule has 12 heavy (non-hydrogen) atoms. The molecule has 0 amide bonds. The number of alkyl halides is 2. The van der Waals surface area contributed by atoms with E-state index in [2.05, 4.69) is 4.74 Å². The second-order valence-corrected chi connectivity index (χ2v) is 5.14. The van der Waals surface area contributed by atoms with E-state index in [1.165, 1.54) is 7.11 Å². The van der Waals surface area contributed by atoms with E-state index in [-0.39, 0.29) is 5.97 Å². The van der Waals surface area contributed by atoms with E-state index in [1.807, 2.05) is 13.8 Å². The molecule has 0 N–H and O–H groups in total. The fourth-order valence-electron chi connectivity index (χ4n) is 1.56. The van der Waals surface area contributed by atoms with E-state index in [1.54, 1.807) is 6.92 Å². The molecular formula is C8H12Cl2O2. The first-order chi connectivity index (χ1) is 5.23. The van der Waals surface area contributed by atoms with E-state index >= 15 is 0 Å². The number of hydrogen-bond donors (Lipinski definition) is 0. The molecule has 0 aromatic heterocycles. The molecule has 4 heteroatoms. The zero-order valence-corrected chi connectivity index (χ0v) is 9.08. The molecule has 0 aromatic carbocycles. The van der Waals surface area contributed by atoms with Crippen molar-refractivity contribution in [3.63, 3.8) is 0 Å². The Balaban J connectivity index is 3.00. The molecule has 1 unspecified atom stereocenters. The Hall–Kier alpha value is 0.0500. The molecule has 1 saturated carbocycles. The normalized spacial score (nSPS) is 35.8. The Labute approximate surface area is 82.2 Å². The number of halogens is 2. The van der Waals surface area contributed by atoms with Crippen LogP contribution >= 0.6 is 23.2 Å². The van der Waals surface area contributed by atoms with Crippen molar-refractivity contribution in [2.75, 3.05) is 7.11 Å². The van der Waals surface area contributed by atoms with Crippen LogP contribution < -0.4 is 0 Å². The summed E-state index contributed by atoms with van der Waals surface area (Å²) >= 11 is 12.0. The first-order valence-electron chi connectivity index (χ1n) is 3.69. The van der Waals surface area contributed by atoms with Gasteiger partial charge in [0.25, 0.3) is 0 Å². The van der Waals surface area contributed by atoms with Crippen molar-refractivity contribution in [2.45, 2.75) is 25.1 Å². The fraction of sp³-hybridized carbons (Fsp3) is 0.875. The Morgan fingerprint density at radius 2 is 1.58 bits per heavy atom. The molecule has 2 nitrogen and oxygen atoms in total. The maximum Gasteiger partial charge on any atom is 0.315 e. The van der Waals surface area contributed by atoms with Gasteiger partial charge in [0.05, 0.1) is 7.11 Å². The van der Waals surface area contributed by atoms with Crippen LogP contribution in [0.1, 0.15) is 20.8 Å². The lowest BCUT2D eigenvalue weighted by Crippen LogP contribution is -2.21. The van der Waals surface area contributed by atoms with Crippen molar-refractivity contribution < 1.29 is 9.53 Å². The highest BCUT2D eigenvalue weighted by atomic mass is 35.5. The van der Waals surface area contributed by atoms with E-state index in [0.29, 0.717) is 0 Å². The molecule has 1 atom stereocenters. The topological polar surface area (TPSA) is 26.3 Å². The second kappa shape index (κ2) is 2.30. The monoisotopic (exact) mass is 210 g/mol. The Kier molecular flexibility index (Phi) is 1.94. The number of hydrogen-bond acceptors (Lipinski definition) is 2. The minimum absolute atomic E-state index is 0.350. The van der Waals surface area contributed by atoms with Gasteiger partial charge in [-0.3, -0.25) is 4.79 Å². The van der Waals surface area contributed by atoms with Gasteiger partial charge < -0.3 is 4.74 Å². The van der Waals surface area contributed by atoms with E-state index < -0.39 is 15.2 Å². The SMILES string of the molecule is COC(=O)C1(C)C(C)(C)C1(Cl)Cl. The molecule has 1 fully saturated rings. The Morgan fingerprint density at radius 1 is 1.25 bits per heavy atom. The van der Waals surface area contributed by atoms with Crippen LogP contribution in [-0.4, -0.2) is 17.4 Å². The molecule has 1 rings (SSSR count). The summed E-state index contributed by atoms with van der Waals surface area (Å²) in [5.41, 5.74) is -1.20. The maximum atomic E-state index is 11.3. The first-order valence-corrected chi connectivity index (χ1v) is 4.45. The molecular weight excluding hydrogens is 199 g/mol. The molecule has 70 valence electrons. The van der Waals surface area contributed by atoms with Gasteiger partial charge in [-0.05, 0) is 6.92 Å². The summed E-state index contributed by atoms with van der Waals surface area (Å²) in [6.07, 6.45) is 0. The summed E-state index contributed by atoms with van der Waals surface area (Å²) in [5, 5.41) is 0. The fourth-order valence-corrected chi connectivity index (χ4v) is 2.47.